The molecule has 0 saturated heterocycles. The summed E-state index contributed by atoms with van der Waals surface area (Å²) >= 11 is 0. The lowest BCUT2D eigenvalue weighted by atomic mass is 9.97. The Balaban J connectivity index is 1.35. The molecule has 182 valence electrons. The Hall–Kier alpha value is -3.65. The van der Waals surface area contributed by atoms with Crippen LogP contribution in [0.15, 0.2) is 71.6 Å². The summed E-state index contributed by atoms with van der Waals surface area (Å²) in [6.45, 7) is 0. The molecule has 0 radical (unpaired) electrons. The summed E-state index contributed by atoms with van der Waals surface area (Å²) in [7, 11) is -0.483. The van der Waals surface area contributed by atoms with Gasteiger partial charge >= 0.3 is 0 Å². The molecule has 0 aliphatic carbocycles. The molecule has 1 N–H and O–H groups in total. The number of methoxy groups -OCH3 is 2. The molecule has 0 saturated carbocycles. The van der Waals surface area contributed by atoms with Crippen molar-refractivity contribution in [3.8, 4) is 11.5 Å². The van der Waals surface area contributed by atoms with E-state index in [4.69, 9.17) is 9.47 Å². The molecule has 7 nitrogen and oxygen atoms in total. The second kappa shape index (κ2) is 10.3. The molecule has 1 atom stereocenters. The summed E-state index contributed by atoms with van der Waals surface area (Å²) in [6.07, 6.45) is 2.65. The third-order valence-corrected chi connectivity index (χ3v) is 7.91. The van der Waals surface area contributed by atoms with Crippen molar-refractivity contribution in [2.45, 2.75) is 24.2 Å². The number of amides is 1. The van der Waals surface area contributed by atoms with E-state index in [0.717, 1.165) is 30.4 Å². The van der Waals surface area contributed by atoms with Gasteiger partial charge in [0.25, 0.3) is 0 Å². The Morgan fingerprint density at radius 3 is 2.29 bits per heavy atom. The Morgan fingerprint density at radius 1 is 0.914 bits per heavy atom. The number of Topliss-reactive ketones (excluding diaryl/α,β-unsaturated/α-hetero) is 1. The van der Waals surface area contributed by atoms with Crippen LogP contribution >= 0.6 is 0 Å². The predicted octanol–water partition coefficient (Wildman–Crippen LogP) is 4.10. The number of rotatable bonds is 8. The molecule has 1 unspecified atom stereocenters. The van der Waals surface area contributed by atoms with Crippen LogP contribution < -0.4 is 14.8 Å². The van der Waals surface area contributed by atoms with Gasteiger partial charge in [-0.2, -0.15) is 0 Å². The number of carbonyl (C=O) groups excluding carboxylic acids is 2. The minimum Gasteiger partial charge on any atom is -0.493 e. The zero-order valence-corrected chi connectivity index (χ0v) is 20.4. The fraction of sp³-hybridized carbons (Fsp3) is 0.259. The highest BCUT2D eigenvalue weighted by Gasteiger charge is 2.40. The van der Waals surface area contributed by atoms with Gasteiger partial charge in [-0.25, -0.2) is 8.42 Å². The Bertz CT molecular complexity index is 1350. The first-order chi connectivity index (χ1) is 16.8. The minimum atomic E-state index is -3.71. The lowest BCUT2D eigenvalue weighted by Gasteiger charge is -2.22. The van der Waals surface area contributed by atoms with Crippen molar-refractivity contribution < 1.29 is 27.5 Å². The lowest BCUT2D eigenvalue weighted by molar-refractivity contribution is -0.118. The molecule has 4 rings (SSSR count). The third kappa shape index (κ3) is 5.38. The number of ketones is 1. The standard InChI is InChI=1S/C27H27NO6S/c1-33-23-15-12-19(16-24(23)34-2)7-5-6-18-10-13-20(14-11-18)28-27(30)22-17-35(31,32)25-9-4-3-8-21(25)26(22)29/h3-4,8-16,22H,5-7,17H2,1-2H3,(H,28,30). The van der Waals surface area contributed by atoms with E-state index in [0.29, 0.717) is 17.2 Å². The molecule has 35 heavy (non-hydrogen) atoms. The van der Waals surface area contributed by atoms with E-state index < -0.39 is 33.2 Å². The molecule has 1 aliphatic rings. The summed E-state index contributed by atoms with van der Waals surface area (Å²) in [5.41, 5.74) is 2.85. The molecule has 1 heterocycles. The number of fused-ring (bicyclic) bond motifs is 1. The number of aryl methyl sites for hydroxylation is 2. The quantitative estimate of drug-likeness (QED) is 0.475. The normalized spacial score (nSPS) is 16.3. The van der Waals surface area contributed by atoms with Crippen LogP contribution in [0.1, 0.15) is 27.9 Å². The van der Waals surface area contributed by atoms with Crippen molar-refractivity contribution in [3.05, 3.63) is 83.4 Å². The van der Waals surface area contributed by atoms with Crippen molar-refractivity contribution >= 4 is 27.2 Å². The molecule has 1 aliphatic heterocycles. The average molecular weight is 494 g/mol. The molecular formula is C27H27NO6S. The summed E-state index contributed by atoms with van der Waals surface area (Å²) < 4.78 is 35.7. The van der Waals surface area contributed by atoms with Gasteiger partial charge in [0.15, 0.2) is 27.1 Å². The van der Waals surface area contributed by atoms with Crippen LogP contribution in [0.5, 0.6) is 11.5 Å². The highest BCUT2D eigenvalue weighted by atomic mass is 32.2. The van der Waals surface area contributed by atoms with Crippen molar-refractivity contribution in [3.63, 3.8) is 0 Å². The van der Waals surface area contributed by atoms with E-state index in [-0.39, 0.29) is 10.5 Å². The molecular weight excluding hydrogens is 466 g/mol. The fourth-order valence-electron chi connectivity index (χ4n) is 4.23. The Kier molecular flexibility index (Phi) is 7.21. The molecule has 1 amide bonds. The second-order valence-electron chi connectivity index (χ2n) is 8.42. The number of carbonyl (C=O) groups is 2. The lowest BCUT2D eigenvalue weighted by Crippen LogP contribution is -2.39. The van der Waals surface area contributed by atoms with E-state index in [1.54, 1.807) is 38.5 Å². The summed E-state index contributed by atoms with van der Waals surface area (Å²) in [5.74, 6) is -1.48. The second-order valence-corrected chi connectivity index (χ2v) is 10.4. The van der Waals surface area contributed by atoms with Gasteiger partial charge in [-0.15, -0.1) is 0 Å². The highest BCUT2D eigenvalue weighted by Crippen LogP contribution is 2.30. The number of sulfone groups is 1. The first-order valence-corrected chi connectivity index (χ1v) is 12.9. The zero-order valence-electron chi connectivity index (χ0n) is 19.6. The van der Waals surface area contributed by atoms with Gasteiger partial charge < -0.3 is 14.8 Å². The minimum absolute atomic E-state index is 0.00788. The maximum Gasteiger partial charge on any atom is 0.236 e. The number of benzene rings is 3. The average Bonchev–Trinajstić information content (AvgIpc) is 2.87. The van der Waals surface area contributed by atoms with Gasteiger partial charge in [0.05, 0.1) is 24.9 Å². The van der Waals surface area contributed by atoms with Crippen molar-refractivity contribution in [1.82, 2.24) is 0 Å². The van der Waals surface area contributed by atoms with E-state index in [1.807, 2.05) is 30.3 Å². The summed E-state index contributed by atoms with van der Waals surface area (Å²) in [4.78, 5) is 25.5. The van der Waals surface area contributed by atoms with Gasteiger partial charge in [-0.3, -0.25) is 9.59 Å². The van der Waals surface area contributed by atoms with Crippen molar-refractivity contribution in [2.75, 3.05) is 25.3 Å². The highest BCUT2D eigenvalue weighted by molar-refractivity contribution is 7.91. The van der Waals surface area contributed by atoms with Crippen molar-refractivity contribution in [2.24, 2.45) is 5.92 Å². The van der Waals surface area contributed by atoms with Crippen LogP contribution in [0.25, 0.3) is 0 Å². The molecule has 0 bridgehead atoms. The van der Waals surface area contributed by atoms with Crippen LogP contribution in [0, 0.1) is 5.92 Å². The van der Waals surface area contributed by atoms with Crippen LogP contribution in [0.3, 0.4) is 0 Å². The smallest absolute Gasteiger partial charge is 0.236 e. The van der Waals surface area contributed by atoms with E-state index in [2.05, 4.69) is 5.32 Å². The number of nitrogens with one attached hydrogen (secondary N) is 1. The largest absolute Gasteiger partial charge is 0.493 e. The predicted molar refractivity (Wildman–Crippen MR) is 133 cm³/mol. The van der Waals surface area contributed by atoms with E-state index >= 15 is 0 Å². The topological polar surface area (TPSA) is 98.8 Å². The zero-order chi connectivity index (χ0) is 25.0. The molecule has 0 aromatic heterocycles. The van der Waals surface area contributed by atoms with Crippen LogP contribution in [-0.4, -0.2) is 40.1 Å². The third-order valence-electron chi connectivity index (χ3n) is 6.11. The molecule has 0 spiro atoms. The molecule has 8 heteroatoms. The van der Waals surface area contributed by atoms with Gasteiger partial charge in [0, 0.05) is 11.3 Å². The number of ether oxygens (including phenoxy) is 2. The van der Waals surface area contributed by atoms with Crippen molar-refractivity contribution in [1.29, 1.82) is 0 Å². The molecule has 0 fully saturated rings. The van der Waals surface area contributed by atoms with Gasteiger partial charge in [0.1, 0.15) is 5.92 Å². The summed E-state index contributed by atoms with van der Waals surface area (Å²) in [5, 5.41) is 2.69. The Labute approximate surface area is 205 Å². The molecule has 3 aromatic carbocycles. The van der Waals surface area contributed by atoms with E-state index in [9.17, 15) is 18.0 Å². The first-order valence-electron chi connectivity index (χ1n) is 11.3. The maximum atomic E-state index is 12.8. The monoisotopic (exact) mass is 493 g/mol. The number of hydrogen-bond donors (Lipinski definition) is 1. The fourth-order valence-corrected chi connectivity index (χ4v) is 5.94. The SMILES string of the molecule is COc1ccc(CCCc2ccc(NC(=O)C3CS(=O)(=O)c4ccccc4C3=O)cc2)cc1OC. The van der Waals surface area contributed by atoms with Crippen LogP contribution in [-0.2, 0) is 27.5 Å². The molecule has 3 aromatic rings. The van der Waals surface area contributed by atoms with E-state index in [1.165, 1.54) is 12.1 Å². The summed E-state index contributed by atoms with van der Waals surface area (Å²) in [6, 6.07) is 19.3. The van der Waals surface area contributed by atoms with Gasteiger partial charge in [-0.05, 0) is 60.7 Å². The van der Waals surface area contributed by atoms with Crippen LogP contribution in [0.4, 0.5) is 5.69 Å². The van der Waals surface area contributed by atoms with Gasteiger partial charge in [0.2, 0.25) is 5.91 Å². The maximum absolute atomic E-state index is 12.8. The number of anilines is 1. The number of hydrogen-bond acceptors (Lipinski definition) is 6. The van der Waals surface area contributed by atoms with Crippen LogP contribution in [0.2, 0.25) is 0 Å². The van der Waals surface area contributed by atoms with Gasteiger partial charge in [-0.1, -0.05) is 36.4 Å². The first kappa shape index (κ1) is 24.5. The Morgan fingerprint density at radius 2 is 1.57 bits per heavy atom.